The predicted molar refractivity (Wildman–Crippen MR) is 343 cm³/mol. The molecule has 0 atom stereocenters. The van der Waals surface area contributed by atoms with Gasteiger partial charge >= 0.3 is 138 Å². The minimum atomic E-state index is -0.181. The molecule has 23 heteroatoms. The number of nitrogens with two attached hydrogens (primary N) is 2. The summed E-state index contributed by atoms with van der Waals surface area (Å²) in [5.41, 5.74) is 21.2. The molecule has 0 aliphatic carbocycles. The number of fused-ring (bicyclic) bond motifs is 2. The van der Waals surface area contributed by atoms with Crippen molar-refractivity contribution < 1.29 is 169 Å². The van der Waals surface area contributed by atoms with E-state index in [1.165, 1.54) is 4.70 Å². The fraction of sp³-hybridized carbons (Fsp3) is 0.0156. The van der Waals surface area contributed by atoms with E-state index in [2.05, 4.69) is 78.1 Å². The number of nitrogens with zero attached hydrogens (tertiary/aromatic N) is 8. The van der Waals surface area contributed by atoms with Crippen LogP contribution in [0.15, 0.2) is 254 Å². The van der Waals surface area contributed by atoms with Gasteiger partial charge < -0.3 is 42.9 Å². The van der Waals surface area contributed by atoms with Crippen LogP contribution in [0.1, 0.15) is 8.85 Å². The van der Waals surface area contributed by atoms with Crippen LogP contribution in [0.5, 0.6) is 29.0 Å². The van der Waals surface area contributed by atoms with E-state index in [9.17, 15) is 0 Å². The number of anilines is 4. The van der Waals surface area contributed by atoms with Gasteiger partial charge in [-0.15, -0.1) is 11.3 Å². The summed E-state index contributed by atoms with van der Waals surface area (Å²) in [6.45, 7) is -0.181. The number of nitrogen functional groups attached to an aromatic ring is 2. The van der Waals surface area contributed by atoms with Gasteiger partial charge in [0, 0.05) is 89.5 Å². The van der Waals surface area contributed by atoms with Gasteiger partial charge in [0.05, 0.1) is 20.4 Å². The first-order chi connectivity index (χ1) is 41.1. The normalized spacial score (nSPS) is 9.69. The fourth-order valence-electron chi connectivity index (χ4n) is 7.31. The predicted octanol–water partition coefficient (Wildman–Crippen LogP) is 9.83. The molecule has 8 aromatic heterocycles. The third-order valence-corrected chi connectivity index (χ3v) is 13.9. The average molecular weight is 1520 g/mol. The Morgan fingerprint density at radius 1 is 0.517 bits per heavy atom. The number of rotatable bonds is 10. The third kappa shape index (κ3) is 23.4. The molecule has 0 aliphatic heterocycles. The molecule has 0 fully saturated rings. The van der Waals surface area contributed by atoms with Crippen molar-refractivity contribution in [3.05, 3.63) is 259 Å². The SMILES string of the molecule is Brc1nc2ccccc2s1.C.Clc1ncccc1-c1ccncc1.Nc1ccc(O)cc1.Nc1ccc(Oc2ncccc2-c2ccncc2)cc1.O=CO[O-].[Cs+].[Cs+].[H-].c1cnc(Oc2ccc(Nc3nc4ccccc4s3)cc2)c(-c2ccncc2)c1. The summed E-state index contributed by atoms with van der Waals surface area (Å²) in [5, 5.41) is 21.9. The van der Waals surface area contributed by atoms with Crippen molar-refractivity contribution in [1.29, 1.82) is 0 Å². The molecule has 87 heavy (non-hydrogen) atoms. The van der Waals surface area contributed by atoms with Crippen LogP contribution < -0.4 is 169 Å². The van der Waals surface area contributed by atoms with Gasteiger partial charge in [-0.1, -0.05) is 54.6 Å². The molecule has 428 valence electrons. The Kier molecular flexibility index (Phi) is 32.1. The number of hydrogen-bond donors (Lipinski definition) is 4. The maximum absolute atomic E-state index is 8.70. The number of pyridine rings is 6. The van der Waals surface area contributed by atoms with E-state index in [-0.39, 0.29) is 159 Å². The number of ether oxygens (including phenoxy) is 2. The molecular formula is C64H53BrClCs2N11O6S2. The number of halogens is 2. The Labute approximate surface area is 643 Å². The molecule has 0 spiro atoms. The number of thiazole rings is 2. The molecule has 17 nitrogen and oxygen atoms in total. The molecule has 0 unspecified atom stereocenters. The zero-order valence-corrected chi connectivity index (χ0v) is 62.6. The van der Waals surface area contributed by atoms with Gasteiger partial charge in [0.25, 0.3) is 6.47 Å². The Balaban J connectivity index is 0.000000245. The quantitative estimate of drug-likeness (QED) is 0.0248. The minimum Gasteiger partial charge on any atom is -1.00 e. The smallest absolute Gasteiger partial charge is 1.00 e. The van der Waals surface area contributed by atoms with Gasteiger partial charge in [-0.3, -0.25) is 19.7 Å². The van der Waals surface area contributed by atoms with E-state index >= 15 is 0 Å². The van der Waals surface area contributed by atoms with Gasteiger partial charge in [-0.25, -0.2) is 24.9 Å². The average Bonchev–Trinajstić information content (AvgIpc) is 4.14. The number of aromatic hydroxyl groups is 1. The molecule has 8 heterocycles. The number of nitrogens with one attached hydrogen (secondary N) is 1. The minimum absolute atomic E-state index is 0. The van der Waals surface area contributed by atoms with Gasteiger partial charge in [-0.05, 0) is 202 Å². The number of phenolic OH excluding ortho intramolecular Hbond substituents is 1. The Hall–Kier alpha value is -6.12. The molecule has 0 amide bonds. The molecule has 0 saturated carbocycles. The fourth-order valence-corrected chi connectivity index (χ4v) is 9.83. The second-order valence-electron chi connectivity index (χ2n) is 16.9. The number of hydrogen-bond acceptors (Lipinski definition) is 19. The van der Waals surface area contributed by atoms with E-state index in [0.29, 0.717) is 39.8 Å². The summed E-state index contributed by atoms with van der Waals surface area (Å²) in [7, 11) is 0. The van der Waals surface area contributed by atoms with Crippen LogP contribution in [0.3, 0.4) is 0 Å². The van der Waals surface area contributed by atoms with Crippen molar-refractivity contribution in [2.75, 3.05) is 16.8 Å². The van der Waals surface area contributed by atoms with Crippen molar-refractivity contribution >= 4 is 99.3 Å². The first-order valence-electron chi connectivity index (χ1n) is 25.1. The van der Waals surface area contributed by atoms with Crippen LogP contribution in [-0.2, 0) is 9.68 Å². The number of benzene rings is 5. The molecular weight excluding hydrogens is 1460 g/mol. The summed E-state index contributed by atoms with van der Waals surface area (Å²) < 4.78 is 15.2. The monoisotopic (exact) mass is 1520 g/mol. The van der Waals surface area contributed by atoms with Crippen LogP contribution >= 0.6 is 50.2 Å². The van der Waals surface area contributed by atoms with E-state index in [4.69, 9.17) is 47.7 Å². The summed E-state index contributed by atoms with van der Waals surface area (Å²) in [6.07, 6.45) is 15.6. The molecule has 0 radical (unpaired) electrons. The number of aromatic nitrogens is 8. The van der Waals surface area contributed by atoms with Crippen LogP contribution in [0.4, 0.5) is 22.2 Å². The molecule has 5 aromatic carbocycles. The Bertz CT molecular complexity index is 4020. The van der Waals surface area contributed by atoms with Gasteiger partial charge in [0.2, 0.25) is 11.8 Å². The summed E-state index contributed by atoms with van der Waals surface area (Å²) in [5.74, 6) is 2.79. The standard InChI is InChI=1S/C23H16N4OS.C16H13N3O.C10H7ClN2.C7H4BrNS.C6H7NO.CH2O3.CH4.2Cs.H/c1-2-6-21-20(5-1)27-23(29-21)26-17-7-9-18(10-8-17)28-22-19(4-3-13-25-22)16-11-14-24-15-12-16;17-13-3-5-14(6-4-13)20-16-15(2-1-9-19-16)12-7-10-18-11-8-12;11-10-9(2-1-5-13-10)8-3-6-12-7-4-8;8-7-9-5-3-1-2-4-6(5)10-7;7-5-1-3-6(8)4-2-5;2-1-4-3;;;;/h1-15H,(H,26,27);1-11H,17H2;1-7H;1-4H;1-4,8H,7H2;1,3H;1H4;;;/q;;;;;;;2*+1;-1/p-1. The van der Waals surface area contributed by atoms with Gasteiger partial charge in [0.15, 0.2) is 9.05 Å². The first-order valence-corrected chi connectivity index (χ1v) is 27.9. The molecule has 0 bridgehead atoms. The van der Waals surface area contributed by atoms with Crippen LogP contribution in [0.25, 0.3) is 53.8 Å². The Morgan fingerprint density at radius 3 is 1.36 bits per heavy atom. The number of para-hydroxylation sites is 2. The zero-order valence-electron chi connectivity index (χ0n) is 47.0. The van der Waals surface area contributed by atoms with Crippen LogP contribution in [-0.4, -0.2) is 51.5 Å². The van der Waals surface area contributed by atoms with E-state index in [1.54, 1.807) is 115 Å². The largest absolute Gasteiger partial charge is 1.00 e. The van der Waals surface area contributed by atoms with Crippen molar-refractivity contribution in [3.63, 3.8) is 0 Å². The van der Waals surface area contributed by atoms with E-state index < -0.39 is 0 Å². The summed E-state index contributed by atoms with van der Waals surface area (Å²) in [4.78, 5) is 44.8. The molecule has 0 aliphatic rings. The van der Waals surface area contributed by atoms with Crippen LogP contribution in [0.2, 0.25) is 5.15 Å². The summed E-state index contributed by atoms with van der Waals surface area (Å²) in [6, 6.07) is 60.7. The van der Waals surface area contributed by atoms with Crippen molar-refractivity contribution in [3.8, 4) is 62.4 Å². The summed E-state index contributed by atoms with van der Waals surface area (Å²) >= 11 is 12.5. The Morgan fingerprint density at radius 2 is 0.920 bits per heavy atom. The molecule has 6 N–H and O–H groups in total. The maximum Gasteiger partial charge on any atom is 1.00 e. The number of carbonyl (C=O) groups is 1. The van der Waals surface area contributed by atoms with Crippen molar-refractivity contribution in [2.45, 2.75) is 7.43 Å². The van der Waals surface area contributed by atoms with E-state index in [1.807, 2.05) is 146 Å². The van der Waals surface area contributed by atoms with Crippen molar-refractivity contribution in [2.24, 2.45) is 0 Å². The van der Waals surface area contributed by atoms with Gasteiger partial charge in [0.1, 0.15) is 22.4 Å². The molecule has 0 saturated heterocycles. The van der Waals surface area contributed by atoms with Crippen LogP contribution in [0, 0.1) is 0 Å². The second-order valence-corrected chi connectivity index (χ2v) is 20.6. The second kappa shape index (κ2) is 39.0. The molecule has 13 aromatic rings. The third-order valence-electron chi connectivity index (χ3n) is 11.2. The molecule has 13 rings (SSSR count). The number of carbonyl (C=O) groups excluding carboxylic acids is 1. The number of phenols is 1. The van der Waals surface area contributed by atoms with Crippen molar-refractivity contribution in [1.82, 2.24) is 39.9 Å². The zero-order chi connectivity index (χ0) is 58.7. The maximum atomic E-state index is 8.70. The van der Waals surface area contributed by atoms with E-state index in [0.717, 1.165) is 63.8 Å². The topological polar surface area (TPSA) is 255 Å². The van der Waals surface area contributed by atoms with Gasteiger partial charge in [-0.2, -0.15) is 0 Å². The first kappa shape index (κ1) is 71.6.